The van der Waals surface area contributed by atoms with Crippen LogP contribution in [0.15, 0.2) is 36.7 Å². The molecule has 216 valence electrons. The van der Waals surface area contributed by atoms with Gasteiger partial charge in [0.2, 0.25) is 0 Å². The largest absolute Gasteiger partial charge is 0.417 e. The molecule has 2 aromatic heterocycles. The van der Waals surface area contributed by atoms with Crippen molar-refractivity contribution in [2.75, 3.05) is 19.6 Å². The molecule has 0 unspecified atom stereocenters. The number of alkyl halides is 5. The molecule has 40 heavy (non-hydrogen) atoms. The van der Waals surface area contributed by atoms with Crippen LogP contribution < -0.4 is 5.32 Å². The monoisotopic (exact) mass is 565 g/mol. The highest BCUT2D eigenvalue weighted by Crippen LogP contribution is 2.40. The summed E-state index contributed by atoms with van der Waals surface area (Å²) in [5, 5.41) is 15.2. The van der Waals surface area contributed by atoms with Gasteiger partial charge in [-0.15, -0.1) is 10.2 Å². The molecule has 2 aliphatic rings. The summed E-state index contributed by atoms with van der Waals surface area (Å²) in [4.78, 5) is 18.0. The number of nitrogens with zero attached hydrogens (tertiary/aromatic N) is 5. The number of halogens is 5. The summed E-state index contributed by atoms with van der Waals surface area (Å²) in [7, 11) is 0. The van der Waals surface area contributed by atoms with E-state index in [1.807, 2.05) is 0 Å². The molecule has 0 radical (unpaired) electrons. The van der Waals surface area contributed by atoms with Gasteiger partial charge < -0.3 is 10.3 Å². The number of carbonyl (C=O) groups excluding carboxylic acids is 1. The second-order valence-corrected chi connectivity index (χ2v) is 10.7. The first kappa shape index (κ1) is 28.2. The van der Waals surface area contributed by atoms with Crippen molar-refractivity contribution in [2.45, 2.75) is 75.5 Å². The average molecular weight is 566 g/mol. The number of piperidine rings is 1. The highest BCUT2D eigenvalue weighted by atomic mass is 19.4. The Labute approximate surface area is 228 Å². The predicted molar refractivity (Wildman–Crippen MR) is 137 cm³/mol. The molecule has 13 heteroatoms. The van der Waals surface area contributed by atoms with Gasteiger partial charge in [0.05, 0.1) is 23.8 Å². The lowest BCUT2D eigenvalue weighted by Gasteiger charge is -2.33. The van der Waals surface area contributed by atoms with Gasteiger partial charge in [0, 0.05) is 31.0 Å². The summed E-state index contributed by atoms with van der Waals surface area (Å²) in [6.45, 7) is 0.561. The Morgan fingerprint density at radius 3 is 2.65 bits per heavy atom. The zero-order valence-corrected chi connectivity index (χ0v) is 21.9. The minimum absolute atomic E-state index is 0.00551. The number of nitrogens with one attached hydrogen (secondary N) is 2. The standard InChI is InChI=1S/C27H32F5N7O/c28-26(29)11-5-12-38(16-26)13-10-18(14-24-33-17-34-36-24)35-25(40)22-15-23(39(37-22)19-6-1-2-7-19)20-8-3-4-9-21(20)27(30,31)32/h3-4,8-9,15,17-19H,1-2,5-7,10-14,16H2,(H,35,40)(H,33,34,36)/t18-/m0/s1. The van der Waals surface area contributed by atoms with Gasteiger partial charge in [0.25, 0.3) is 11.8 Å². The maximum Gasteiger partial charge on any atom is 0.417 e. The molecule has 0 spiro atoms. The van der Waals surface area contributed by atoms with Gasteiger partial charge >= 0.3 is 6.18 Å². The molecule has 1 saturated carbocycles. The number of rotatable bonds is 9. The molecule has 1 amide bonds. The number of aromatic nitrogens is 5. The van der Waals surface area contributed by atoms with Crippen LogP contribution in [0.2, 0.25) is 0 Å². The van der Waals surface area contributed by atoms with Gasteiger partial charge in [-0.25, -0.2) is 8.78 Å². The Morgan fingerprint density at radius 2 is 1.95 bits per heavy atom. The van der Waals surface area contributed by atoms with Crippen molar-refractivity contribution in [3.05, 3.63) is 53.7 Å². The third-order valence-electron chi connectivity index (χ3n) is 7.66. The van der Waals surface area contributed by atoms with Crippen LogP contribution in [0.3, 0.4) is 0 Å². The molecular weight excluding hydrogens is 533 g/mol. The van der Waals surface area contributed by atoms with Gasteiger partial charge in [-0.3, -0.25) is 14.4 Å². The van der Waals surface area contributed by atoms with Crippen LogP contribution in [0.5, 0.6) is 0 Å². The fourth-order valence-electron chi connectivity index (χ4n) is 5.71. The van der Waals surface area contributed by atoms with Crippen molar-refractivity contribution >= 4 is 5.91 Å². The molecule has 0 bridgehead atoms. The van der Waals surface area contributed by atoms with E-state index in [0.717, 1.165) is 31.7 Å². The maximum atomic E-state index is 13.9. The van der Waals surface area contributed by atoms with Gasteiger partial charge in [-0.05, 0) is 44.4 Å². The molecule has 3 heterocycles. The number of aromatic amines is 1. The van der Waals surface area contributed by atoms with E-state index in [-0.39, 0.29) is 42.4 Å². The third kappa shape index (κ3) is 6.68. The van der Waals surface area contributed by atoms with Gasteiger partial charge in [0.15, 0.2) is 5.69 Å². The molecule has 1 saturated heterocycles. The van der Waals surface area contributed by atoms with Crippen molar-refractivity contribution in [1.82, 2.24) is 35.2 Å². The second kappa shape index (κ2) is 11.6. The molecule has 2 fully saturated rings. The van der Waals surface area contributed by atoms with Crippen molar-refractivity contribution in [3.8, 4) is 11.3 Å². The fraction of sp³-hybridized carbons (Fsp3) is 0.556. The zero-order valence-electron chi connectivity index (χ0n) is 21.9. The summed E-state index contributed by atoms with van der Waals surface area (Å²) < 4.78 is 71.0. The Kier molecular flexibility index (Phi) is 8.20. The van der Waals surface area contributed by atoms with Crippen molar-refractivity contribution in [2.24, 2.45) is 0 Å². The number of H-pyrrole nitrogens is 1. The van der Waals surface area contributed by atoms with Gasteiger partial charge in [-0.2, -0.15) is 18.3 Å². The van der Waals surface area contributed by atoms with Crippen LogP contribution in [0.25, 0.3) is 11.3 Å². The summed E-state index contributed by atoms with van der Waals surface area (Å²) in [5.74, 6) is -2.76. The zero-order chi connectivity index (χ0) is 28.3. The van der Waals surface area contributed by atoms with Crippen LogP contribution >= 0.6 is 0 Å². The van der Waals surface area contributed by atoms with E-state index in [0.29, 0.717) is 31.8 Å². The first-order valence-corrected chi connectivity index (χ1v) is 13.6. The normalized spacial score (nSPS) is 19.1. The molecule has 1 aliphatic heterocycles. The first-order valence-electron chi connectivity index (χ1n) is 13.6. The summed E-state index contributed by atoms with van der Waals surface area (Å²) in [6.07, 6.45) is 1.14. The minimum Gasteiger partial charge on any atom is -0.347 e. The van der Waals surface area contributed by atoms with Gasteiger partial charge in [0.1, 0.15) is 12.2 Å². The molecule has 8 nitrogen and oxygen atoms in total. The van der Waals surface area contributed by atoms with Crippen LogP contribution in [-0.2, 0) is 12.6 Å². The Balaban J connectivity index is 1.39. The number of hydrogen-bond acceptors (Lipinski definition) is 5. The molecule has 1 aromatic carbocycles. The molecule has 1 aliphatic carbocycles. The van der Waals surface area contributed by atoms with Gasteiger partial charge in [-0.1, -0.05) is 31.0 Å². The third-order valence-corrected chi connectivity index (χ3v) is 7.66. The smallest absolute Gasteiger partial charge is 0.347 e. The van der Waals surface area contributed by atoms with E-state index < -0.39 is 29.6 Å². The van der Waals surface area contributed by atoms with E-state index in [4.69, 9.17) is 0 Å². The fourth-order valence-corrected chi connectivity index (χ4v) is 5.71. The van der Waals surface area contributed by atoms with Crippen LogP contribution in [-0.4, -0.2) is 67.4 Å². The second-order valence-electron chi connectivity index (χ2n) is 10.7. The van der Waals surface area contributed by atoms with E-state index >= 15 is 0 Å². The van der Waals surface area contributed by atoms with Crippen molar-refractivity contribution in [3.63, 3.8) is 0 Å². The maximum absolute atomic E-state index is 13.9. The SMILES string of the molecule is O=C(N[C@@H](CCN1CCCC(F)(F)C1)Cc1nnc[nH]1)c1cc(-c2ccccc2C(F)(F)F)n(C2CCCC2)n1. The topological polar surface area (TPSA) is 91.7 Å². The number of hydrogen-bond donors (Lipinski definition) is 2. The Bertz CT molecular complexity index is 1280. The number of likely N-dealkylation sites (tertiary alicyclic amines) is 1. The molecule has 5 rings (SSSR count). The molecule has 2 N–H and O–H groups in total. The Morgan fingerprint density at radius 1 is 1.18 bits per heavy atom. The Hall–Kier alpha value is -3.35. The summed E-state index contributed by atoms with van der Waals surface area (Å²) in [6, 6.07) is 6.11. The van der Waals surface area contributed by atoms with E-state index in [1.165, 1.54) is 30.6 Å². The quantitative estimate of drug-likeness (QED) is 0.345. The number of benzene rings is 1. The average Bonchev–Trinajstić information content (AvgIpc) is 3.68. The van der Waals surface area contributed by atoms with E-state index in [2.05, 4.69) is 25.6 Å². The van der Waals surface area contributed by atoms with Crippen molar-refractivity contribution in [1.29, 1.82) is 0 Å². The lowest BCUT2D eigenvalue weighted by atomic mass is 10.0. The predicted octanol–water partition coefficient (Wildman–Crippen LogP) is 5.26. The number of amides is 1. The lowest BCUT2D eigenvalue weighted by Crippen LogP contribution is -2.45. The molecule has 3 aromatic rings. The highest BCUT2D eigenvalue weighted by Gasteiger charge is 2.36. The van der Waals surface area contributed by atoms with Crippen LogP contribution in [0.4, 0.5) is 22.0 Å². The van der Waals surface area contributed by atoms with Crippen molar-refractivity contribution < 1.29 is 26.7 Å². The first-order chi connectivity index (χ1) is 19.1. The van der Waals surface area contributed by atoms with E-state index in [9.17, 15) is 26.7 Å². The minimum atomic E-state index is -4.57. The molecular formula is C27H32F5N7O. The molecule has 1 atom stereocenters. The van der Waals surface area contributed by atoms with Crippen LogP contribution in [0, 0.1) is 0 Å². The van der Waals surface area contributed by atoms with E-state index in [1.54, 1.807) is 9.58 Å². The highest BCUT2D eigenvalue weighted by molar-refractivity contribution is 5.93. The summed E-state index contributed by atoms with van der Waals surface area (Å²) in [5.41, 5.74) is -0.571. The summed E-state index contributed by atoms with van der Waals surface area (Å²) >= 11 is 0. The van der Waals surface area contributed by atoms with Crippen LogP contribution in [0.1, 0.15) is 72.9 Å². The number of carbonyl (C=O) groups is 1. The lowest BCUT2D eigenvalue weighted by molar-refractivity contribution is -0.137.